The molecule has 2 amide bonds. The Labute approximate surface area is 121 Å². The molecule has 0 aliphatic carbocycles. The van der Waals surface area contributed by atoms with E-state index in [2.05, 4.69) is 25.7 Å². The summed E-state index contributed by atoms with van der Waals surface area (Å²) in [6.45, 7) is 12.3. The van der Waals surface area contributed by atoms with Gasteiger partial charge in [0.15, 0.2) is 0 Å². The van der Waals surface area contributed by atoms with Crippen molar-refractivity contribution in [3.05, 3.63) is 0 Å². The Morgan fingerprint density at radius 2 is 1.90 bits per heavy atom. The zero-order chi connectivity index (χ0) is 14.7. The molecule has 0 saturated carbocycles. The molecule has 2 rings (SSSR count). The molecule has 2 aliphatic heterocycles. The highest BCUT2D eigenvalue weighted by Gasteiger charge is 2.37. The van der Waals surface area contributed by atoms with E-state index in [-0.39, 0.29) is 17.7 Å². The minimum Gasteiger partial charge on any atom is -0.342 e. The third-order valence-electron chi connectivity index (χ3n) is 4.28. The van der Waals surface area contributed by atoms with Crippen LogP contribution in [0.15, 0.2) is 0 Å². The lowest BCUT2D eigenvalue weighted by Crippen LogP contribution is -2.50. The number of nitrogens with zero attached hydrogens (tertiary/aromatic N) is 3. The molecule has 114 valence electrons. The highest BCUT2D eigenvalue weighted by molar-refractivity contribution is 5.89. The smallest absolute Gasteiger partial charge is 0.228 e. The van der Waals surface area contributed by atoms with Crippen LogP contribution in [0, 0.1) is 11.8 Å². The minimum absolute atomic E-state index is 0.116. The molecular weight excluding hydrogens is 254 g/mol. The van der Waals surface area contributed by atoms with Gasteiger partial charge in [-0.05, 0) is 12.5 Å². The molecule has 0 aromatic rings. The third kappa shape index (κ3) is 3.51. The van der Waals surface area contributed by atoms with Crippen molar-refractivity contribution in [1.82, 2.24) is 14.7 Å². The predicted octanol–water partition coefficient (Wildman–Crippen LogP) is 0.655. The molecule has 0 N–H and O–H groups in total. The van der Waals surface area contributed by atoms with Crippen LogP contribution in [0.5, 0.6) is 0 Å². The predicted molar refractivity (Wildman–Crippen MR) is 78.2 cm³/mol. The van der Waals surface area contributed by atoms with Crippen molar-refractivity contribution in [2.75, 3.05) is 45.8 Å². The molecule has 0 radical (unpaired) electrons. The number of rotatable bonds is 4. The van der Waals surface area contributed by atoms with Crippen molar-refractivity contribution in [1.29, 1.82) is 0 Å². The van der Waals surface area contributed by atoms with Crippen LogP contribution in [0.2, 0.25) is 0 Å². The molecule has 2 saturated heterocycles. The number of hydrogen-bond acceptors (Lipinski definition) is 3. The molecule has 0 aromatic carbocycles. The Kier molecular flexibility index (Phi) is 5.02. The molecule has 20 heavy (non-hydrogen) atoms. The molecule has 1 atom stereocenters. The first-order chi connectivity index (χ1) is 9.51. The van der Waals surface area contributed by atoms with Crippen LogP contribution in [-0.4, -0.2) is 72.3 Å². The highest BCUT2D eigenvalue weighted by atomic mass is 16.2. The number of hydrogen-bond donors (Lipinski definition) is 0. The molecule has 5 nitrogen and oxygen atoms in total. The number of amides is 2. The second kappa shape index (κ2) is 6.57. The van der Waals surface area contributed by atoms with E-state index < -0.39 is 0 Å². The fraction of sp³-hybridized carbons (Fsp3) is 0.867. The topological polar surface area (TPSA) is 43.9 Å². The Morgan fingerprint density at radius 1 is 1.25 bits per heavy atom. The van der Waals surface area contributed by atoms with Gasteiger partial charge >= 0.3 is 0 Å². The van der Waals surface area contributed by atoms with Crippen molar-refractivity contribution in [3.8, 4) is 0 Å². The van der Waals surface area contributed by atoms with Crippen molar-refractivity contribution in [2.45, 2.75) is 27.2 Å². The van der Waals surface area contributed by atoms with Gasteiger partial charge < -0.3 is 14.7 Å². The maximum atomic E-state index is 12.5. The molecule has 1 unspecified atom stereocenters. The zero-order valence-corrected chi connectivity index (χ0v) is 13.0. The van der Waals surface area contributed by atoms with E-state index in [4.69, 9.17) is 0 Å². The third-order valence-corrected chi connectivity index (χ3v) is 4.28. The van der Waals surface area contributed by atoms with Gasteiger partial charge in [-0.3, -0.25) is 9.59 Å². The number of piperazine rings is 1. The SMILES string of the molecule is CCN1CCN(C(=O)C2CC(=O)N(CC(C)C)C2)CC1. The number of likely N-dealkylation sites (tertiary alicyclic amines) is 1. The first kappa shape index (κ1) is 15.3. The monoisotopic (exact) mass is 281 g/mol. The van der Waals surface area contributed by atoms with Crippen LogP contribution >= 0.6 is 0 Å². The maximum absolute atomic E-state index is 12.5. The van der Waals surface area contributed by atoms with Gasteiger partial charge in [0, 0.05) is 45.7 Å². The molecule has 0 aromatic heterocycles. The second-order valence-electron chi connectivity index (χ2n) is 6.35. The second-order valence-corrected chi connectivity index (χ2v) is 6.35. The standard InChI is InChI=1S/C15H27N3O2/c1-4-16-5-7-17(8-6-16)15(20)13-9-14(19)18(11-13)10-12(2)3/h12-13H,4-11H2,1-3H3. The molecule has 2 aliphatic rings. The lowest BCUT2D eigenvalue weighted by atomic mass is 10.1. The molecular formula is C15H27N3O2. The molecule has 0 bridgehead atoms. The lowest BCUT2D eigenvalue weighted by molar-refractivity contribution is -0.137. The molecule has 2 fully saturated rings. The van der Waals surface area contributed by atoms with E-state index in [1.54, 1.807) is 0 Å². The van der Waals surface area contributed by atoms with Crippen molar-refractivity contribution in [2.24, 2.45) is 11.8 Å². The van der Waals surface area contributed by atoms with Gasteiger partial charge in [0.05, 0.1) is 5.92 Å². The van der Waals surface area contributed by atoms with Gasteiger partial charge in [-0.1, -0.05) is 20.8 Å². The van der Waals surface area contributed by atoms with Crippen LogP contribution in [0.4, 0.5) is 0 Å². The fourth-order valence-electron chi connectivity index (χ4n) is 3.10. The summed E-state index contributed by atoms with van der Waals surface area (Å²) in [4.78, 5) is 30.6. The van der Waals surface area contributed by atoms with Crippen LogP contribution in [-0.2, 0) is 9.59 Å². The zero-order valence-electron chi connectivity index (χ0n) is 13.0. The van der Waals surface area contributed by atoms with E-state index in [9.17, 15) is 9.59 Å². The van der Waals surface area contributed by atoms with Crippen molar-refractivity contribution >= 4 is 11.8 Å². The van der Waals surface area contributed by atoms with Crippen LogP contribution in [0.3, 0.4) is 0 Å². The normalized spacial score (nSPS) is 24.8. The Balaban J connectivity index is 1.86. The first-order valence-electron chi connectivity index (χ1n) is 7.80. The van der Waals surface area contributed by atoms with Crippen LogP contribution < -0.4 is 0 Å². The number of carbonyl (C=O) groups is 2. The summed E-state index contributed by atoms with van der Waals surface area (Å²) in [5.74, 6) is 0.667. The molecule has 5 heteroatoms. The van der Waals surface area contributed by atoms with Gasteiger partial charge in [-0.2, -0.15) is 0 Å². The quantitative estimate of drug-likeness (QED) is 0.760. The highest BCUT2D eigenvalue weighted by Crippen LogP contribution is 2.21. The lowest BCUT2D eigenvalue weighted by Gasteiger charge is -2.35. The first-order valence-corrected chi connectivity index (χ1v) is 7.80. The number of likely N-dealkylation sites (N-methyl/N-ethyl adjacent to an activating group) is 1. The minimum atomic E-state index is -0.116. The summed E-state index contributed by atoms with van der Waals surface area (Å²) in [5.41, 5.74) is 0. The fourth-order valence-corrected chi connectivity index (χ4v) is 3.10. The summed E-state index contributed by atoms with van der Waals surface area (Å²) in [6, 6.07) is 0. The summed E-state index contributed by atoms with van der Waals surface area (Å²) in [7, 11) is 0. The summed E-state index contributed by atoms with van der Waals surface area (Å²) in [6.07, 6.45) is 0.402. The Morgan fingerprint density at radius 3 is 2.45 bits per heavy atom. The van der Waals surface area contributed by atoms with Gasteiger partial charge in [0.25, 0.3) is 0 Å². The summed E-state index contributed by atoms with van der Waals surface area (Å²) < 4.78 is 0. The molecule has 0 spiro atoms. The van der Waals surface area contributed by atoms with Crippen molar-refractivity contribution in [3.63, 3.8) is 0 Å². The maximum Gasteiger partial charge on any atom is 0.228 e. The summed E-state index contributed by atoms with van der Waals surface area (Å²) in [5, 5.41) is 0. The Hall–Kier alpha value is -1.10. The van der Waals surface area contributed by atoms with E-state index in [0.717, 1.165) is 39.3 Å². The van der Waals surface area contributed by atoms with Gasteiger partial charge in [0.1, 0.15) is 0 Å². The van der Waals surface area contributed by atoms with E-state index in [0.29, 0.717) is 18.9 Å². The van der Waals surface area contributed by atoms with E-state index >= 15 is 0 Å². The van der Waals surface area contributed by atoms with Crippen LogP contribution in [0.25, 0.3) is 0 Å². The van der Waals surface area contributed by atoms with Gasteiger partial charge in [-0.15, -0.1) is 0 Å². The summed E-state index contributed by atoms with van der Waals surface area (Å²) >= 11 is 0. The Bertz CT molecular complexity index is 362. The largest absolute Gasteiger partial charge is 0.342 e. The van der Waals surface area contributed by atoms with Crippen LogP contribution in [0.1, 0.15) is 27.2 Å². The van der Waals surface area contributed by atoms with E-state index in [1.165, 1.54) is 0 Å². The van der Waals surface area contributed by atoms with Gasteiger partial charge in [0.2, 0.25) is 11.8 Å². The van der Waals surface area contributed by atoms with Gasteiger partial charge in [-0.25, -0.2) is 0 Å². The van der Waals surface area contributed by atoms with E-state index in [1.807, 2.05) is 9.80 Å². The average Bonchev–Trinajstić information content (AvgIpc) is 2.79. The van der Waals surface area contributed by atoms with Crippen molar-refractivity contribution < 1.29 is 9.59 Å². The molecule has 2 heterocycles. The number of carbonyl (C=O) groups excluding carboxylic acids is 2. The average molecular weight is 281 g/mol.